The van der Waals surface area contributed by atoms with Gasteiger partial charge in [0, 0.05) is 17.8 Å². The minimum Gasteiger partial charge on any atom is -0.355 e. The molecule has 0 aliphatic carbocycles. The predicted octanol–water partition coefficient (Wildman–Crippen LogP) is 3.87. The fourth-order valence-electron chi connectivity index (χ4n) is 1.52. The van der Waals surface area contributed by atoms with Crippen molar-refractivity contribution < 1.29 is 4.79 Å². The molecule has 2 rings (SSSR count). The summed E-state index contributed by atoms with van der Waals surface area (Å²) < 4.78 is 0. The maximum absolute atomic E-state index is 10.4. The predicted molar refractivity (Wildman–Crippen MR) is 73.7 cm³/mol. The van der Waals surface area contributed by atoms with E-state index in [2.05, 4.69) is 10.3 Å². The molecule has 3 nitrogen and oxygen atoms in total. The fraction of sp³-hybridized carbons (Fsp3) is 0.0769. The lowest BCUT2D eigenvalue weighted by atomic mass is 10.1. The van der Waals surface area contributed by atoms with Crippen LogP contribution in [0.5, 0.6) is 0 Å². The number of nitrogens with one attached hydrogen (secondary N) is 1. The van der Waals surface area contributed by atoms with Gasteiger partial charge in [-0.2, -0.15) is 0 Å². The number of pyridine rings is 1. The van der Waals surface area contributed by atoms with Gasteiger partial charge in [0.15, 0.2) is 0 Å². The molecule has 0 radical (unpaired) electrons. The van der Waals surface area contributed by atoms with Crippen LogP contribution in [-0.2, 0) is 11.2 Å². The summed E-state index contributed by atoms with van der Waals surface area (Å²) in [5.74, 6) is 0. The van der Waals surface area contributed by atoms with Crippen LogP contribution < -0.4 is 5.32 Å². The SMILES string of the molecule is O=CCc1ccc(Nc2cc(Cl)nc(Cl)c2)cc1. The lowest BCUT2D eigenvalue weighted by molar-refractivity contribution is -0.107. The van der Waals surface area contributed by atoms with Crippen molar-refractivity contribution in [3.63, 3.8) is 0 Å². The van der Waals surface area contributed by atoms with E-state index in [1.807, 2.05) is 24.3 Å². The van der Waals surface area contributed by atoms with Gasteiger partial charge in [-0.1, -0.05) is 35.3 Å². The number of anilines is 2. The highest BCUT2D eigenvalue weighted by molar-refractivity contribution is 6.32. The zero-order valence-corrected chi connectivity index (χ0v) is 10.9. The molecule has 1 heterocycles. The first-order valence-corrected chi connectivity index (χ1v) is 6.05. The molecule has 0 aliphatic heterocycles. The summed E-state index contributed by atoms with van der Waals surface area (Å²) in [4.78, 5) is 14.2. The highest BCUT2D eigenvalue weighted by Gasteiger charge is 2.00. The lowest BCUT2D eigenvalue weighted by Crippen LogP contribution is -1.92. The second-order valence-corrected chi connectivity index (χ2v) is 4.47. The number of nitrogens with zero attached hydrogens (tertiary/aromatic N) is 1. The van der Waals surface area contributed by atoms with E-state index < -0.39 is 0 Å². The Morgan fingerprint density at radius 2 is 1.67 bits per heavy atom. The number of halogens is 2. The number of aromatic nitrogens is 1. The summed E-state index contributed by atoms with van der Waals surface area (Å²) in [6.07, 6.45) is 1.30. The van der Waals surface area contributed by atoms with Crippen molar-refractivity contribution in [2.24, 2.45) is 0 Å². The summed E-state index contributed by atoms with van der Waals surface area (Å²) >= 11 is 11.6. The Balaban J connectivity index is 2.15. The number of rotatable bonds is 4. The van der Waals surface area contributed by atoms with E-state index in [9.17, 15) is 4.79 Å². The van der Waals surface area contributed by atoms with Gasteiger partial charge in [0.2, 0.25) is 0 Å². The number of benzene rings is 1. The van der Waals surface area contributed by atoms with E-state index in [1.165, 1.54) is 0 Å². The Bertz CT molecular complexity index is 535. The van der Waals surface area contributed by atoms with Gasteiger partial charge in [-0.15, -0.1) is 0 Å². The average Bonchev–Trinajstić information content (AvgIpc) is 2.31. The molecule has 5 heteroatoms. The number of carbonyl (C=O) groups is 1. The smallest absolute Gasteiger partial charge is 0.132 e. The van der Waals surface area contributed by atoms with Gasteiger partial charge in [-0.25, -0.2) is 4.98 Å². The molecule has 92 valence electrons. The zero-order valence-electron chi connectivity index (χ0n) is 9.36. The molecule has 0 fully saturated rings. The van der Waals surface area contributed by atoms with Gasteiger partial charge in [-0.3, -0.25) is 0 Å². The van der Waals surface area contributed by atoms with Crippen LogP contribution in [-0.4, -0.2) is 11.3 Å². The molecule has 1 N–H and O–H groups in total. The summed E-state index contributed by atoms with van der Waals surface area (Å²) in [5, 5.41) is 3.83. The third-order valence-electron chi connectivity index (χ3n) is 2.32. The van der Waals surface area contributed by atoms with Crippen molar-refractivity contribution in [1.82, 2.24) is 4.98 Å². The topological polar surface area (TPSA) is 42.0 Å². The quantitative estimate of drug-likeness (QED) is 0.683. The standard InChI is InChI=1S/C13H10Cl2N2O/c14-12-7-11(8-13(15)17-12)16-10-3-1-9(2-4-10)5-6-18/h1-4,6-8H,5H2,(H,16,17). The van der Waals surface area contributed by atoms with Crippen molar-refractivity contribution in [1.29, 1.82) is 0 Å². The van der Waals surface area contributed by atoms with E-state index in [1.54, 1.807) is 12.1 Å². The second-order valence-electron chi connectivity index (χ2n) is 3.69. The average molecular weight is 281 g/mol. The third-order valence-corrected chi connectivity index (χ3v) is 2.71. The first-order valence-electron chi connectivity index (χ1n) is 5.30. The largest absolute Gasteiger partial charge is 0.355 e. The van der Waals surface area contributed by atoms with E-state index in [-0.39, 0.29) is 0 Å². The van der Waals surface area contributed by atoms with E-state index in [0.717, 1.165) is 23.2 Å². The van der Waals surface area contributed by atoms with Crippen LogP contribution in [0, 0.1) is 0 Å². The van der Waals surface area contributed by atoms with Crippen molar-refractivity contribution in [3.8, 4) is 0 Å². The van der Waals surface area contributed by atoms with Gasteiger partial charge in [0.1, 0.15) is 16.6 Å². The molecule has 0 saturated carbocycles. The monoisotopic (exact) mass is 280 g/mol. The highest BCUT2D eigenvalue weighted by atomic mass is 35.5. The third kappa shape index (κ3) is 3.45. The summed E-state index contributed by atoms with van der Waals surface area (Å²) in [7, 11) is 0. The minimum atomic E-state index is 0.336. The van der Waals surface area contributed by atoms with Crippen molar-refractivity contribution in [2.45, 2.75) is 6.42 Å². The minimum absolute atomic E-state index is 0.336. The van der Waals surface area contributed by atoms with E-state index in [4.69, 9.17) is 23.2 Å². The molecule has 0 unspecified atom stereocenters. The first-order chi connectivity index (χ1) is 8.67. The van der Waals surface area contributed by atoms with Crippen LogP contribution >= 0.6 is 23.2 Å². The molecular weight excluding hydrogens is 271 g/mol. The molecule has 1 aromatic heterocycles. The molecule has 18 heavy (non-hydrogen) atoms. The molecule has 2 aromatic rings. The van der Waals surface area contributed by atoms with Crippen LogP contribution in [0.15, 0.2) is 36.4 Å². The van der Waals surface area contributed by atoms with Crippen LogP contribution in [0.25, 0.3) is 0 Å². The number of carbonyl (C=O) groups excluding carboxylic acids is 1. The number of hydrogen-bond donors (Lipinski definition) is 1. The summed E-state index contributed by atoms with van der Waals surface area (Å²) in [5.41, 5.74) is 2.63. The molecular formula is C13H10Cl2N2O. The highest BCUT2D eigenvalue weighted by Crippen LogP contribution is 2.22. The van der Waals surface area contributed by atoms with E-state index >= 15 is 0 Å². The molecule has 0 saturated heterocycles. The Morgan fingerprint density at radius 3 is 2.22 bits per heavy atom. The Morgan fingerprint density at radius 1 is 1.06 bits per heavy atom. The second kappa shape index (κ2) is 5.85. The van der Waals surface area contributed by atoms with Gasteiger partial charge in [0.25, 0.3) is 0 Å². The zero-order chi connectivity index (χ0) is 13.0. The van der Waals surface area contributed by atoms with Gasteiger partial charge >= 0.3 is 0 Å². The maximum Gasteiger partial charge on any atom is 0.132 e. The first kappa shape index (κ1) is 12.9. The maximum atomic E-state index is 10.4. The summed E-state index contributed by atoms with van der Waals surface area (Å²) in [6.45, 7) is 0. The fourth-order valence-corrected chi connectivity index (χ4v) is 1.98. The van der Waals surface area contributed by atoms with Crippen LogP contribution in [0.3, 0.4) is 0 Å². The summed E-state index contributed by atoms with van der Waals surface area (Å²) in [6, 6.07) is 10.9. The number of hydrogen-bond acceptors (Lipinski definition) is 3. The molecule has 1 aromatic carbocycles. The van der Waals surface area contributed by atoms with Crippen molar-refractivity contribution >= 4 is 40.9 Å². The molecule has 0 bridgehead atoms. The molecule has 0 amide bonds. The normalized spacial score (nSPS) is 10.1. The number of aldehydes is 1. The van der Waals surface area contributed by atoms with Gasteiger partial charge in [-0.05, 0) is 29.8 Å². The Hall–Kier alpha value is -1.58. The van der Waals surface area contributed by atoms with Crippen LogP contribution in [0.4, 0.5) is 11.4 Å². The van der Waals surface area contributed by atoms with E-state index in [0.29, 0.717) is 16.7 Å². The van der Waals surface area contributed by atoms with Crippen molar-refractivity contribution in [2.75, 3.05) is 5.32 Å². The Kier molecular flexibility index (Phi) is 4.18. The lowest BCUT2D eigenvalue weighted by Gasteiger charge is -2.07. The molecule has 0 atom stereocenters. The van der Waals surface area contributed by atoms with Gasteiger partial charge in [0.05, 0.1) is 0 Å². The molecule has 0 spiro atoms. The molecule has 0 aliphatic rings. The van der Waals surface area contributed by atoms with Crippen LogP contribution in [0.2, 0.25) is 10.3 Å². The van der Waals surface area contributed by atoms with Gasteiger partial charge < -0.3 is 10.1 Å². The van der Waals surface area contributed by atoms with Crippen LogP contribution in [0.1, 0.15) is 5.56 Å². The Labute approximate surface area is 115 Å². The van der Waals surface area contributed by atoms with Crippen molar-refractivity contribution in [3.05, 3.63) is 52.3 Å².